The molecule has 1 N–H and O–H groups in total. The van der Waals surface area contributed by atoms with Crippen molar-refractivity contribution in [2.45, 2.75) is 42.9 Å². The molecule has 0 aromatic heterocycles. The molecule has 1 unspecified atom stereocenters. The van der Waals surface area contributed by atoms with E-state index in [1.807, 2.05) is 45.9 Å². The van der Waals surface area contributed by atoms with Gasteiger partial charge in [-0.1, -0.05) is 30.4 Å². The third-order valence-electron chi connectivity index (χ3n) is 3.05. The van der Waals surface area contributed by atoms with Crippen LogP contribution in [0.5, 0.6) is 0 Å². The SMILES string of the molecule is C=C(C)C(C)(Sc1ccccc1)C(C)(C)O. The molecule has 0 saturated heterocycles. The highest BCUT2D eigenvalue weighted by atomic mass is 32.2. The molecule has 0 amide bonds. The van der Waals surface area contributed by atoms with Crippen molar-refractivity contribution in [2.75, 3.05) is 0 Å². The molecule has 0 aliphatic heterocycles. The number of rotatable bonds is 4. The second-order valence-corrected chi connectivity index (χ2v) is 6.28. The van der Waals surface area contributed by atoms with Crippen molar-refractivity contribution >= 4 is 11.8 Å². The molecule has 1 atom stereocenters. The summed E-state index contributed by atoms with van der Waals surface area (Å²) in [6, 6.07) is 10.1. The van der Waals surface area contributed by atoms with Gasteiger partial charge in [-0.2, -0.15) is 0 Å². The van der Waals surface area contributed by atoms with E-state index in [1.54, 1.807) is 11.8 Å². The molecule has 16 heavy (non-hydrogen) atoms. The van der Waals surface area contributed by atoms with Gasteiger partial charge in [0, 0.05) is 4.90 Å². The Labute approximate surface area is 103 Å². The van der Waals surface area contributed by atoms with Crippen molar-refractivity contribution < 1.29 is 5.11 Å². The first-order valence-corrected chi connectivity index (χ1v) is 6.21. The van der Waals surface area contributed by atoms with Crippen molar-refractivity contribution in [1.29, 1.82) is 0 Å². The highest BCUT2D eigenvalue weighted by Crippen LogP contribution is 2.44. The Balaban J connectivity index is 3.03. The summed E-state index contributed by atoms with van der Waals surface area (Å²) in [4.78, 5) is 1.15. The van der Waals surface area contributed by atoms with Gasteiger partial charge in [0.25, 0.3) is 0 Å². The van der Waals surface area contributed by atoms with Crippen LogP contribution in [0.4, 0.5) is 0 Å². The molecular formula is C14H20OS. The molecular weight excluding hydrogens is 216 g/mol. The van der Waals surface area contributed by atoms with E-state index >= 15 is 0 Å². The molecule has 0 aliphatic carbocycles. The standard InChI is InChI=1S/C14H20OS/c1-11(2)14(5,13(3,4)15)16-12-9-7-6-8-10-12/h6-10,15H,1H2,2-5H3. The van der Waals surface area contributed by atoms with Crippen LogP contribution in [0.25, 0.3) is 0 Å². The van der Waals surface area contributed by atoms with E-state index < -0.39 is 5.60 Å². The summed E-state index contributed by atoms with van der Waals surface area (Å²) in [5, 5.41) is 10.3. The van der Waals surface area contributed by atoms with Gasteiger partial charge in [0.2, 0.25) is 0 Å². The van der Waals surface area contributed by atoms with Crippen LogP contribution in [0.3, 0.4) is 0 Å². The fourth-order valence-corrected chi connectivity index (χ4v) is 2.65. The lowest BCUT2D eigenvalue weighted by Gasteiger charge is -2.40. The summed E-state index contributed by atoms with van der Waals surface area (Å²) in [7, 11) is 0. The fourth-order valence-electron chi connectivity index (χ4n) is 1.46. The van der Waals surface area contributed by atoms with Gasteiger partial charge in [-0.15, -0.1) is 11.8 Å². The second-order valence-electron chi connectivity index (χ2n) is 4.79. The number of hydrogen-bond acceptors (Lipinski definition) is 2. The van der Waals surface area contributed by atoms with Gasteiger partial charge in [0.05, 0.1) is 10.3 Å². The third-order valence-corrected chi connectivity index (χ3v) is 4.81. The normalized spacial score (nSPS) is 15.6. The summed E-state index contributed by atoms with van der Waals surface area (Å²) < 4.78 is -0.381. The maximum atomic E-state index is 10.3. The average Bonchev–Trinajstić information content (AvgIpc) is 2.17. The van der Waals surface area contributed by atoms with E-state index in [0.717, 1.165) is 10.5 Å². The first-order chi connectivity index (χ1) is 7.27. The quantitative estimate of drug-likeness (QED) is 0.632. The molecule has 0 saturated carbocycles. The van der Waals surface area contributed by atoms with E-state index in [2.05, 4.69) is 18.7 Å². The largest absolute Gasteiger partial charge is 0.389 e. The predicted octanol–water partition coefficient (Wildman–Crippen LogP) is 3.88. The smallest absolute Gasteiger partial charge is 0.0776 e. The van der Waals surface area contributed by atoms with Gasteiger partial charge in [-0.05, 0) is 39.8 Å². The minimum absolute atomic E-state index is 0.381. The summed E-state index contributed by atoms with van der Waals surface area (Å²) in [5.74, 6) is 0. The van der Waals surface area contributed by atoms with Crippen molar-refractivity contribution in [1.82, 2.24) is 0 Å². The molecule has 0 radical (unpaired) electrons. The molecule has 0 heterocycles. The van der Waals surface area contributed by atoms with E-state index in [9.17, 15) is 5.11 Å². The van der Waals surface area contributed by atoms with Crippen molar-refractivity contribution in [3.05, 3.63) is 42.5 Å². The molecule has 1 rings (SSSR count). The molecule has 0 bridgehead atoms. The van der Waals surface area contributed by atoms with Gasteiger partial charge in [-0.25, -0.2) is 0 Å². The monoisotopic (exact) mass is 236 g/mol. The number of aliphatic hydroxyl groups is 1. The Bertz CT molecular complexity index is 364. The van der Waals surface area contributed by atoms with Crippen LogP contribution in [-0.2, 0) is 0 Å². The van der Waals surface area contributed by atoms with E-state index in [4.69, 9.17) is 0 Å². The lowest BCUT2D eigenvalue weighted by Crippen LogP contribution is -2.45. The van der Waals surface area contributed by atoms with Crippen LogP contribution in [-0.4, -0.2) is 15.5 Å². The lowest BCUT2D eigenvalue weighted by atomic mass is 9.86. The third kappa shape index (κ3) is 2.69. The molecule has 0 aliphatic rings. The summed E-state index contributed by atoms with van der Waals surface area (Å²) in [5.41, 5.74) is 0.174. The highest BCUT2D eigenvalue weighted by molar-refractivity contribution is 8.01. The topological polar surface area (TPSA) is 20.2 Å². The van der Waals surface area contributed by atoms with Crippen LogP contribution >= 0.6 is 11.8 Å². The summed E-state index contributed by atoms with van der Waals surface area (Å²) in [6.07, 6.45) is 0. The van der Waals surface area contributed by atoms with Crippen molar-refractivity contribution in [3.8, 4) is 0 Å². The number of benzene rings is 1. The minimum atomic E-state index is -0.806. The molecule has 0 spiro atoms. The Morgan fingerprint density at radius 1 is 1.19 bits per heavy atom. The number of hydrogen-bond donors (Lipinski definition) is 1. The zero-order chi connectivity index (χ0) is 12.4. The van der Waals surface area contributed by atoms with Gasteiger partial charge < -0.3 is 5.11 Å². The van der Waals surface area contributed by atoms with Crippen molar-refractivity contribution in [3.63, 3.8) is 0 Å². The van der Waals surface area contributed by atoms with Gasteiger partial charge in [0.15, 0.2) is 0 Å². The maximum absolute atomic E-state index is 10.3. The zero-order valence-corrected chi connectivity index (χ0v) is 11.3. The minimum Gasteiger partial charge on any atom is -0.389 e. The Morgan fingerprint density at radius 2 is 1.69 bits per heavy atom. The lowest BCUT2D eigenvalue weighted by molar-refractivity contribution is 0.0554. The molecule has 0 fully saturated rings. The van der Waals surface area contributed by atoms with Crippen LogP contribution in [0, 0.1) is 0 Å². The van der Waals surface area contributed by atoms with E-state index in [-0.39, 0.29) is 4.75 Å². The molecule has 2 heteroatoms. The Morgan fingerprint density at radius 3 is 2.06 bits per heavy atom. The van der Waals surface area contributed by atoms with Crippen LogP contribution in [0.2, 0.25) is 0 Å². The van der Waals surface area contributed by atoms with Crippen molar-refractivity contribution in [2.24, 2.45) is 0 Å². The first kappa shape index (κ1) is 13.3. The fraction of sp³-hybridized carbons (Fsp3) is 0.429. The van der Waals surface area contributed by atoms with Crippen LogP contribution < -0.4 is 0 Å². The molecule has 1 nitrogen and oxygen atoms in total. The second kappa shape index (κ2) is 4.64. The van der Waals surface area contributed by atoms with Crippen LogP contribution in [0.15, 0.2) is 47.4 Å². The number of thioether (sulfide) groups is 1. The summed E-state index contributed by atoms with van der Waals surface area (Å²) >= 11 is 1.66. The highest BCUT2D eigenvalue weighted by Gasteiger charge is 2.41. The Kier molecular flexibility index (Phi) is 3.87. The molecule has 88 valence electrons. The van der Waals surface area contributed by atoms with E-state index in [1.165, 1.54) is 0 Å². The average molecular weight is 236 g/mol. The van der Waals surface area contributed by atoms with Gasteiger partial charge >= 0.3 is 0 Å². The van der Waals surface area contributed by atoms with Crippen LogP contribution in [0.1, 0.15) is 27.7 Å². The predicted molar refractivity (Wildman–Crippen MR) is 71.8 cm³/mol. The maximum Gasteiger partial charge on any atom is 0.0776 e. The van der Waals surface area contributed by atoms with E-state index in [0.29, 0.717) is 0 Å². The molecule has 1 aromatic carbocycles. The van der Waals surface area contributed by atoms with Gasteiger partial charge in [-0.3, -0.25) is 0 Å². The first-order valence-electron chi connectivity index (χ1n) is 5.40. The van der Waals surface area contributed by atoms with Gasteiger partial charge in [0.1, 0.15) is 0 Å². The Hall–Kier alpha value is -0.730. The summed E-state index contributed by atoms with van der Waals surface area (Å²) in [6.45, 7) is 11.7. The molecule has 1 aromatic rings. The zero-order valence-electron chi connectivity index (χ0n) is 10.4.